The average Bonchev–Trinajstić information content (AvgIpc) is 3.11. The normalized spacial score (nSPS) is 16.4. The number of piperazine rings is 1. The number of piperidine rings is 1. The van der Waals surface area contributed by atoms with Crippen LogP contribution in [-0.4, -0.2) is 111 Å². The maximum atomic E-state index is 12.7. The number of anilines is 6. The number of aryl methyl sites for hydroxylation is 1. The maximum absolute atomic E-state index is 12.7. The van der Waals surface area contributed by atoms with Gasteiger partial charge in [-0.15, -0.1) is 0 Å². The quantitative estimate of drug-likeness (QED) is 0.215. The van der Waals surface area contributed by atoms with Crippen molar-refractivity contribution in [3.63, 3.8) is 0 Å². The fourth-order valence-electron chi connectivity index (χ4n) is 6.82. The Bertz CT molecular complexity index is 1970. The summed E-state index contributed by atoms with van der Waals surface area (Å²) in [6.07, 6.45) is 9.13. The molecule has 0 unspecified atom stereocenters. The average molecular weight is 701 g/mol. The zero-order chi connectivity index (χ0) is 35.6. The minimum Gasteiger partial charge on any atom is -0.494 e. The van der Waals surface area contributed by atoms with Gasteiger partial charge in [0.1, 0.15) is 22.8 Å². The van der Waals surface area contributed by atoms with Crippen LogP contribution in [0.5, 0.6) is 5.75 Å². The number of nitrogens with zero attached hydrogens (tertiary/aromatic N) is 8. The number of benzene rings is 2. The summed E-state index contributed by atoms with van der Waals surface area (Å²) in [5.74, 6) is 1.50. The van der Waals surface area contributed by atoms with Crippen molar-refractivity contribution in [1.82, 2.24) is 29.7 Å². The topological polar surface area (TPSA) is 132 Å². The highest BCUT2D eigenvalue weighted by Gasteiger charge is 2.28. The molecule has 2 aromatic heterocycles. The molecule has 266 valence electrons. The number of sulfonamides is 1. The third-order valence-electron chi connectivity index (χ3n) is 9.82. The van der Waals surface area contributed by atoms with Crippen LogP contribution < -0.4 is 24.6 Å². The van der Waals surface area contributed by atoms with Crippen molar-refractivity contribution in [2.24, 2.45) is 0 Å². The van der Waals surface area contributed by atoms with Gasteiger partial charge in [0.2, 0.25) is 16.0 Å². The zero-order valence-corrected chi connectivity index (χ0v) is 30.7. The summed E-state index contributed by atoms with van der Waals surface area (Å²) in [5.41, 5.74) is 6.45. The molecule has 0 aliphatic carbocycles. The van der Waals surface area contributed by atoms with E-state index in [0.717, 1.165) is 76.0 Å². The van der Waals surface area contributed by atoms with E-state index in [4.69, 9.17) is 9.72 Å². The molecule has 50 heavy (non-hydrogen) atoms. The minimum absolute atomic E-state index is 0.345. The van der Waals surface area contributed by atoms with Gasteiger partial charge in [-0.2, -0.15) is 4.98 Å². The molecule has 4 aromatic rings. The first kappa shape index (κ1) is 35.3. The molecule has 2 aliphatic heterocycles. The molecule has 0 radical (unpaired) electrons. The van der Waals surface area contributed by atoms with Crippen LogP contribution in [0.1, 0.15) is 37.8 Å². The molecule has 0 atom stereocenters. The third kappa shape index (κ3) is 7.47. The number of fused-ring (bicyclic) bond motifs is 1. The second-order valence-electron chi connectivity index (χ2n) is 13.2. The van der Waals surface area contributed by atoms with Gasteiger partial charge in [-0.1, -0.05) is 13.5 Å². The number of rotatable bonds is 11. The predicted octanol–water partition coefficient (Wildman–Crippen LogP) is 5.12. The molecule has 4 heterocycles. The lowest BCUT2D eigenvalue weighted by Gasteiger charge is -2.43. The van der Waals surface area contributed by atoms with Crippen molar-refractivity contribution in [3.8, 4) is 5.75 Å². The molecule has 0 saturated carbocycles. The van der Waals surface area contributed by atoms with E-state index in [0.29, 0.717) is 51.5 Å². The van der Waals surface area contributed by atoms with E-state index in [1.54, 1.807) is 31.6 Å². The Balaban J connectivity index is 1.28. The van der Waals surface area contributed by atoms with Crippen LogP contribution in [-0.2, 0) is 16.4 Å². The second kappa shape index (κ2) is 14.8. The van der Waals surface area contributed by atoms with E-state index < -0.39 is 10.0 Å². The smallest absolute Gasteiger partial charge is 0.232 e. The van der Waals surface area contributed by atoms with Gasteiger partial charge in [-0.25, -0.2) is 13.4 Å². The largest absolute Gasteiger partial charge is 0.494 e. The van der Waals surface area contributed by atoms with Gasteiger partial charge in [0.05, 0.1) is 30.3 Å². The summed E-state index contributed by atoms with van der Waals surface area (Å²) in [7, 11) is 1.74. The lowest BCUT2D eigenvalue weighted by Crippen LogP contribution is -2.52. The summed E-state index contributed by atoms with van der Waals surface area (Å²) >= 11 is 0. The van der Waals surface area contributed by atoms with E-state index in [1.165, 1.54) is 28.8 Å². The molecular formula is C36H48N10O3S. The number of methoxy groups -OCH3 is 1. The van der Waals surface area contributed by atoms with Crippen molar-refractivity contribution >= 4 is 61.1 Å². The first-order valence-electron chi connectivity index (χ1n) is 17.1. The molecule has 14 heteroatoms. The Morgan fingerprint density at radius 3 is 2.40 bits per heavy atom. The zero-order valence-electron chi connectivity index (χ0n) is 29.9. The van der Waals surface area contributed by atoms with Crippen molar-refractivity contribution < 1.29 is 13.2 Å². The molecule has 2 N–H and O–H groups in total. The number of ether oxygens (including phenoxy) is 1. The van der Waals surface area contributed by atoms with Gasteiger partial charge in [-0.05, 0) is 62.6 Å². The van der Waals surface area contributed by atoms with E-state index in [1.807, 2.05) is 6.92 Å². The summed E-state index contributed by atoms with van der Waals surface area (Å²) in [5, 5.41) is 6.75. The van der Waals surface area contributed by atoms with Gasteiger partial charge < -0.3 is 25.2 Å². The Morgan fingerprint density at radius 2 is 1.74 bits per heavy atom. The van der Waals surface area contributed by atoms with Crippen molar-refractivity contribution in [2.75, 3.05) is 86.6 Å². The molecular weight excluding hydrogens is 653 g/mol. The maximum Gasteiger partial charge on any atom is 0.232 e. The van der Waals surface area contributed by atoms with Crippen molar-refractivity contribution in [1.29, 1.82) is 0 Å². The molecule has 0 amide bonds. The van der Waals surface area contributed by atoms with Gasteiger partial charge in [0.25, 0.3) is 0 Å². The summed E-state index contributed by atoms with van der Waals surface area (Å²) in [4.78, 5) is 25.9. The molecule has 2 fully saturated rings. The number of nitrogens with one attached hydrogen (secondary N) is 2. The molecule has 13 nitrogen and oxygen atoms in total. The van der Waals surface area contributed by atoms with Crippen LogP contribution in [0.3, 0.4) is 0 Å². The molecule has 0 bridgehead atoms. The fourth-order valence-corrected chi connectivity index (χ4v) is 7.34. The highest BCUT2D eigenvalue weighted by Crippen LogP contribution is 2.39. The molecule has 0 spiro atoms. The first-order valence-corrected chi connectivity index (χ1v) is 18.9. The van der Waals surface area contributed by atoms with Crippen LogP contribution in [0.25, 0.3) is 16.6 Å². The van der Waals surface area contributed by atoms with Crippen molar-refractivity contribution in [3.05, 3.63) is 60.6 Å². The summed E-state index contributed by atoms with van der Waals surface area (Å²) < 4.78 is 32.6. The van der Waals surface area contributed by atoms with Crippen molar-refractivity contribution in [2.45, 2.75) is 39.2 Å². The van der Waals surface area contributed by atoms with Gasteiger partial charge >= 0.3 is 0 Å². The van der Waals surface area contributed by atoms with Gasteiger partial charge in [-0.3, -0.25) is 19.2 Å². The van der Waals surface area contributed by atoms with E-state index in [9.17, 15) is 8.42 Å². The highest BCUT2D eigenvalue weighted by molar-refractivity contribution is 7.92. The first-order chi connectivity index (χ1) is 24.0. The number of likely N-dealkylation sites (N-methyl/N-ethyl adjacent to an activating group) is 1. The van der Waals surface area contributed by atoms with E-state index in [-0.39, 0.29) is 0 Å². The lowest BCUT2D eigenvalue weighted by molar-refractivity contribution is 0.0982. The van der Waals surface area contributed by atoms with Gasteiger partial charge in [0, 0.05) is 88.3 Å². The van der Waals surface area contributed by atoms with Crippen LogP contribution in [0.2, 0.25) is 0 Å². The predicted molar refractivity (Wildman–Crippen MR) is 203 cm³/mol. The monoisotopic (exact) mass is 700 g/mol. The lowest BCUT2D eigenvalue weighted by atomic mass is 9.99. The Kier molecular flexibility index (Phi) is 10.4. The SMILES string of the molecule is C=C(C)c1cnc(Nc2cc(CC)c(N3CCC(N4CCN(C)CC4)CC3)cc2OC)nc1Nc1ccc2nccnc2c1N(C)S(C)(=O)=O. The highest BCUT2D eigenvalue weighted by atomic mass is 32.2. The Labute approximate surface area is 295 Å². The third-order valence-corrected chi connectivity index (χ3v) is 11.0. The van der Waals surface area contributed by atoms with Crippen LogP contribution in [0.15, 0.2) is 49.4 Å². The number of hydrogen-bond acceptors (Lipinski definition) is 12. The van der Waals surface area contributed by atoms with Crippen LogP contribution in [0.4, 0.5) is 34.5 Å². The fraction of sp³-hybridized carbons (Fsp3) is 0.444. The minimum atomic E-state index is -3.63. The second-order valence-corrected chi connectivity index (χ2v) is 15.2. The Hall–Kier alpha value is -4.53. The molecule has 6 rings (SSSR count). The molecule has 2 saturated heterocycles. The summed E-state index contributed by atoms with van der Waals surface area (Å²) in [6, 6.07) is 8.46. The number of allylic oxidation sites excluding steroid dienone is 1. The van der Waals surface area contributed by atoms with Crippen LogP contribution in [0, 0.1) is 0 Å². The standard InChI is InChI=1S/C36H48N10O3S/c1-8-25-21-30(32(49-6)22-31(25)46-15-11-26(12-16-46)45-19-17-43(4)18-20-45)41-36-39-23-27(24(2)3)35(42-36)40-29-10-9-28-33(38-14-13-37-28)34(29)44(5)50(7,47)48/h9-10,13-14,21-23,26H,2,8,11-12,15-20H2,1,3-7H3,(H2,39,40,41,42). The van der Waals surface area contributed by atoms with Gasteiger partial charge in [0.15, 0.2) is 0 Å². The number of hydrogen-bond donors (Lipinski definition) is 2. The molecule has 2 aliphatic rings. The van der Waals surface area contributed by atoms with E-state index in [2.05, 4.69) is 73.0 Å². The summed E-state index contributed by atoms with van der Waals surface area (Å²) in [6.45, 7) is 14.8. The van der Waals surface area contributed by atoms with Crippen LogP contribution >= 0.6 is 0 Å². The van der Waals surface area contributed by atoms with E-state index >= 15 is 0 Å². The Morgan fingerprint density at radius 1 is 1.02 bits per heavy atom. The molecule has 2 aromatic carbocycles. The number of aromatic nitrogens is 4.